The highest BCUT2D eigenvalue weighted by atomic mass is 19.1. The van der Waals surface area contributed by atoms with Crippen LogP contribution in [-0.2, 0) is 6.54 Å². The fraction of sp³-hybridized carbons (Fsp3) is 0.118. The smallest absolute Gasteiger partial charge is 0.168 e. The lowest BCUT2D eigenvalue weighted by atomic mass is 10.3. The van der Waals surface area contributed by atoms with E-state index in [-0.39, 0.29) is 5.75 Å². The molecule has 112 valence electrons. The number of halogens is 1. The maximum Gasteiger partial charge on any atom is 0.168 e. The van der Waals surface area contributed by atoms with E-state index in [1.807, 2.05) is 42.6 Å². The molecule has 0 fully saturated rings. The van der Waals surface area contributed by atoms with Crippen molar-refractivity contribution >= 4 is 0 Å². The van der Waals surface area contributed by atoms with E-state index in [4.69, 9.17) is 9.47 Å². The van der Waals surface area contributed by atoms with Gasteiger partial charge in [0, 0.05) is 18.5 Å². The Bertz CT molecular complexity index is 715. The lowest BCUT2D eigenvalue weighted by Gasteiger charge is -2.10. The number of para-hydroxylation sites is 1. The number of ether oxygens (including phenoxy) is 2. The number of hydrogen-bond acceptors (Lipinski definition) is 3. The van der Waals surface area contributed by atoms with E-state index in [0.29, 0.717) is 24.7 Å². The Kier molecular flexibility index (Phi) is 4.34. The molecule has 0 saturated carbocycles. The number of nitrogens with zero attached hydrogens (tertiary/aromatic N) is 2. The van der Waals surface area contributed by atoms with Crippen molar-refractivity contribution < 1.29 is 13.9 Å². The Hall–Kier alpha value is -2.82. The molecular formula is C17H15FN2O2. The number of rotatable bonds is 6. The highest BCUT2D eigenvalue weighted by molar-refractivity contribution is 5.36. The highest BCUT2D eigenvalue weighted by Crippen LogP contribution is 2.26. The molecule has 0 amide bonds. The minimum Gasteiger partial charge on any atom is -0.489 e. The van der Waals surface area contributed by atoms with Gasteiger partial charge in [-0.15, -0.1) is 0 Å². The monoisotopic (exact) mass is 298 g/mol. The van der Waals surface area contributed by atoms with Crippen LogP contribution >= 0.6 is 0 Å². The van der Waals surface area contributed by atoms with Crippen molar-refractivity contribution in [2.24, 2.45) is 0 Å². The summed E-state index contributed by atoms with van der Waals surface area (Å²) in [5, 5.41) is 4.05. The molecule has 0 spiro atoms. The number of benzene rings is 2. The molecule has 3 aromatic rings. The van der Waals surface area contributed by atoms with Gasteiger partial charge in [0.2, 0.25) is 0 Å². The van der Waals surface area contributed by atoms with E-state index in [2.05, 4.69) is 5.10 Å². The highest BCUT2D eigenvalue weighted by Gasteiger charge is 2.06. The van der Waals surface area contributed by atoms with Crippen LogP contribution in [0.25, 0.3) is 0 Å². The van der Waals surface area contributed by atoms with Crippen LogP contribution in [0.2, 0.25) is 0 Å². The first-order chi connectivity index (χ1) is 10.8. The van der Waals surface area contributed by atoms with Gasteiger partial charge in [0.15, 0.2) is 11.6 Å². The summed E-state index contributed by atoms with van der Waals surface area (Å²) in [5.41, 5.74) is 0. The van der Waals surface area contributed by atoms with Gasteiger partial charge in [-0.1, -0.05) is 18.2 Å². The molecule has 5 heteroatoms. The maximum atomic E-state index is 14.0. The summed E-state index contributed by atoms with van der Waals surface area (Å²) >= 11 is 0. The van der Waals surface area contributed by atoms with E-state index >= 15 is 0 Å². The first-order valence-corrected chi connectivity index (χ1v) is 6.94. The van der Waals surface area contributed by atoms with Crippen LogP contribution in [0.1, 0.15) is 0 Å². The third-order valence-corrected chi connectivity index (χ3v) is 3.02. The molecule has 1 aromatic heterocycles. The molecule has 1 heterocycles. The van der Waals surface area contributed by atoms with Crippen LogP contribution in [0, 0.1) is 5.82 Å². The quantitative estimate of drug-likeness (QED) is 0.692. The second-order valence-electron chi connectivity index (χ2n) is 4.62. The first kappa shape index (κ1) is 14.1. The van der Waals surface area contributed by atoms with Crippen LogP contribution in [-0.4, -0.2) is 16.4 Å². The van der Waals surface area contributed by atoms with Crippen LogP contribution in [0.15, 0.2) is 67.0 Å². The Morgan fingerprint density at radius 1 is 1.00 bits per heavy atom. The lowest BCUT2D eigenvalue weighted by molar-refractivity contribution is 0.277. The summed E-state index contributed by atoms with van der Waals surface area (Å²) in [4.78, 5) is 0. The van der Waals surface area contributed by atoms with E-state index in [0.717, 1.165) is 0 Å². The van der Waals surface area contributed by atoms with Crippen molar-refractivity contribution in [1.29, 1.82) is 0 Å². The molecule has 4 nitrogen and oxygen atoms in total. The number of hydrogen-bond donors (Lipinski definition) is 0. The van der Waals surface area contributed by atoms with E-state index in [1.54, 1.807) is 23.0 Å². The molecule has 2 aromatic carbocycles. The van der Waals surface area contributed by atoms with Gasteiger partial charge in [-0.3, -0.25) is 4.68 Å². The predicted octanol–water partition coefficient (Wildman–Crippen LogP) is 3.89. The van der Waals surface area contributed by atoms with E-state index < -0.39 is 5.82 Å². The summed E-state index contributed by atoms with van der Waals surface area (Å²) in [6.45, 7) is 0.909. The van der Waals surface area contributed by atoms with Gasteiger partial charge in [-0.25, -0.2) is 4.39 Å². The van der Waals surface area contributed by atoms with Crippen LogP contribution in [0.3, 0.4) is 0 Å². The fourth-order valence-corrected chi connectivity index (χ4v) is 1.97. The van der Waals surface area contributed by atoms with E-state index in [1.165, 1.54) is 6.07 Å². The zero-order chi connectivity index (χ0) is 15.2. The van der Waals surface area contributed by atoms with Crippen molar-refractivity contribution in [3.8, 4) is 17.2 Å². The second-order valence-corrected chi connectivity index (χ2v) is 4.62. The summed E-state index contributed by atoms with van der Waals surface area (Å²) in [6, 6.07) is 15.6. The Balaban J connectivity index is 1.59. The van der Waals surface area contributed by atoms with Gasteiger partial charge >= 0.3 is 0 Å². The van der Waals surface area contributed by atoms with Crippen molar-refractivity contribution in [3.05, 3.63) is 72.8 Å². The van der Waals surface area contributed by atoms with Gasteiger partial charge in [-0.2, -0.15) is 5.10 Å². The molecular weight excluding hydrogens is 283 g/mol. The zero-order valence-corrected chi connectivity index (χ0v) is 11.9. The Morgan fingerprint density at radius 3 is 2.59 bits per heavy atom. The minimum atomic E-state index is -0.450. The van der Waals surface area contributed by atoms with Gasteiger partial charge in [-0.05, 0) is 30.3 Å². The van der Waals surface area contributed by atoms with E-state index in [9.17, 15) is 4.39 Å². The minimum absolute atomic E-state index is 0.201. The summed E-state index contributed by atoms with van der Waals surface area (Å²) in [7, 11) is 0. The van der Waals surface area contributed by atoms with Gasteiger partial charge < -0.3 is 9.47 Å². The van der Waals surface area contributed by atoms with Gasteiger partial charge in [0.1, 0.15) is 18.1 Å². The summed E-state index contributed by atoms with van der Waals surface area (Å²) < 4.78 is 26.7. The molecule has 3 rings (SSSR count). The lowest BCUT2D eigenvalue weighted by Crippen LogP contribution is -2.09. The molecule has 0 N–H and O–H groups in total. The third kappa shape index (κ3) is 3.63. The van der Waals surface area contributed by atoms with Crippen LogP contribution in [0.4, 0.5) is 4.39 Å². The van der Waals surface area contributed by atoms with Crippen LogP contribution in [0.5, 0.6) is 17.2 Å². The standard InChI is InChI=1S/C17H15FN2O2/c18-16-13-15(22-14-5-2-1-3-6-14)7-8-17(16)21-12-11-20-10-4-9-19-20/h1-10,13H,11-12H2. The molecule has 0 bridgehead atoms. The summed E-state index contributed by atoms with van der Waals surface area (Å²) in [6.07, 6.45) is 3.52. The molecule has 22 heavy (non-hydrogen) atoms. The average Bonchev–Trinajstić information content (AvgIpc) is 3.04. The second kappa shape index (κ2) is 6.76. The van der Waals surface area contributed by atoms with Crippen LogP contribution < -0.4 is 9.47 Å². The third-order valence-electron chi connectivity index (χ3n) is 3.02. The largest absolute Gasteiger partial charge is 0.489 e. The number of aromatic nitrogens is 2. The molecule has 0 aliphatic heterocycles. The first-order valence-electron chi connectivity index (χ1n) is 6.94. The zero-order valence-electron chi connectivity index (χ0n) is 11.9. The van der Waals surface area contributed by atoms with Gasteiger partial charge in [0.05, 0.1) is 6.54 Å². The summed E-state index contributed by atoms with van der Waals surface area (Å²) in [5.74, 6) is 0.846. The SMILES string of the molecule is Fc1cc(Oc2ccccc2)ccc1OCCn1cccn1. The normalized spacial score (nSPS) is 10.4. The molecule has 0 aliphatic carbocycles. The molecule has 0 unspecified atom stereocenters. The molecule has 0 atom stereocenters. The fourth-order valence-electron chi connectivity index (χ4n) is 1.97. The van der Waals surface area contributed by atoms with Gasteiger partial charge in [0.25, 0.3) is 0 Å². The molecule has 0 radical (unpaired) electrons. The average molecular weight is 298 g/mol. The molecule has 0 saturated heterocycles. The maximum absolute atomic E-state index is 14.0. The van der Waals surface area contributed by atoms with Crippen molar-refractivity contribution in [2.75, 3.05) is 6.61 Å². The Labute approximate surface area is 127 Å². The van der Waals surface area contributed by atoms with Crippen molar-refractivity contribution in [2.45, 2.75) is 6.54 Å². The predicted molar refractivity (Wildman–Crippen MR) is 80.6 cm³/mol. The van der Waals surface area contributed by atoms with Crippen molar-refractivity contribution in [3.63, 3.8) is 0 Å². The Morgan fingerprint density at radius 2 is 1.86 bits per heavy atom. The van der Waals surface area contributed by atoms with Crippen molar-refractivity contribution in [1.82, 2.24) is 9.78 Å². The topological polar surface area (TPSA) is 36.3 Å². The molecule has 0 aliphatic rings.